The Kier molecular flexibility index (Phi) is 6.31. The van der Waals surface area contributed by atoms with Crippen molar-refractivity contribution in [2.75, 3.05) is 51.7 Å². The molecule has 1 atom stereocenters. The number of hydrogen-bond acceptors (Lipinski definition) is 7. The number of aromatic nitrogens is 2. The Labute approximate surface area is 113 Å². The zero-order chi connectivity index (χ0) is 14.3. The molecule has 7 heteroatoms. The van der Waals surface area contributed by atoms with Crippen LogP contribution >= 0.6 is 0 Å². The maximum absolute atomic E-state index is 5.68. The van der Waals surface area contributed by atoms with Gasteiger partial charge in [-0.3, -0.25) is 0 Å². The van der Waals surface area contributed by atoms with Gasteiger partial charge < -0.3 is 24.8 Å². The first-order valence-corrected chi connectivity index (χ1v) is 6.05. The molecule has 7 nitrogen and oxygen atoms in total. The molecule has 1 aromatic rings. The molecule has 0 saturated heterocycles. The van der Waals surface area contributed by atoms with Gasteiger partial charge in [-0.15, -0.1) is 0 Å². The largest absolute Gasteiger partial charge is 0.481 e. The van der Waals surface area contributed by atoms with E-state index >= 15 is 0 Å². The fourth-order valence-electron chi connectivity index (χ4n) is 1.76. The Balaban J connectivity index is 2.97. The van der Waals surface area contributed by atoms with E-state index in [2.05, 4.69) is 9.97 Å². The standard InChI is InChI=1S/C12H22N4O3/c1-9(8-18-3)16(5-6-17-2)10-7-11(19-4)15-12(13)14-10/h7,9H,5-6,8H2,1-4H3,(H2,13,14,15). The van der Waals surface area contributed by atoms with E-state index in [-0.39, 0.29) is 12.0 Å². The molecule has 2 N–H and O–H groups in total. The van der Waals surface area contributed by atoms with Crippen LogP contribution in [0, 0.1) is 0 Å². The molecule has 1 unspecified atom stereocenters. The summed E-state index contributed by atoms with van der Waals surface area (Å²) in [6.07, 6.45) is 0. The summed E-state index contributed by atoms with van der Waals surface area (Å²) in [5.41, 5.74) is 5.68. The highest BCUT2D eigenvalue weighted by molar-refractivity contribution is 5.46. The summed E-state index contributed by atoms with van der Waals surface area (Å²) < 4.78 is 15.4. The van der Waals surface area contributed by atoms with Crippen LogP contribution in [0.1, 0.15) is 6.92 Å². The third-order valence-corrected chi connectivity index (χ3v) is 2.69. The molecule has 0 saturated carbocycles. The molecular weight excluding hydrogens is 248 g/mol. The first-order chi connectivity index (χ1) is 9.12. The van der Waals surface area contributed by atoms with Crippen LogP contribution < -0.4 is 15.4 Å². The number of hydrogen-bond donors (Lipinski definition) is 1. The Morgan fingerprint density at radius 2 is 2.00 bits per heavy atom. The van der Waals surface area contributed by atoms with Gasteiger partial charge in [-0.1, -0.05) is 0 Å². The Morgan fingerprint density at radius 3 is 2.58 bits per heavy atom. The summed E-state index contributed by atoms with van der Waals surface area (Å²) in [6.45, 7) is 3.89. The normalized spacial score (nSPS) is 12.2. The maximum Gasteiger partial charge on any atom is 0.225 e. The molecule has 0 aliphatic heterocycles. The van der Waals surface area contributed by atoms with E-state index in [4.69, 9.17) is 19.9 Å². The van der Waals surface area contributed by atoms with Crippen molar-refractivity contribution in [3.63, 3.8) is 0 Å². The first kappa shape index (κ1) is 15.5. The van der Waals surface area contributed by atoms with E-state index in [1.165, 1.54) is 0 Å². The molecule has 0 spiro atoms. The Hall–Kier alpha value is -1.60. The van der Waals surface area contributed by atoms with Gasteiger partial charge in [-0.25, -0.2) is 0 Å². The topological polar surface area (TPSA) is 82.7 Å². The minimum absolute atomic E-state index is 0.138. The van der Waals surface area contributed by atoms with Gasteiger partial charge in [0, 0.05) is 26.8 Å². The van der Waals surface area contributed by atoms with Gasteiger partial charge in [0.05, 0.1) is 26.4 Å². The van der Waals surface area contributed by atoms with Gasteiger partial charge in [-0.2, -0.15) is 9.97 Å². The highest BCUT2D eigenvalue weighted by atomic mass is 16.5. The second kappa shape index (κ2) is 7.75. The van der Waals surface area contributed by atoms with Crippen LogP contribution in [-0.4, -0.2) is 57.1 Å². The highest BCUT2D eigenvalue weighted by Crippen LogP contribution is 2.20. The van der Waals surface area contributed by atoms with Gasteiger partial charge in [0.15, 0.2) is 0 Å². The van der Waals surface area contributed by atoms with E-state index < -0.39 is 0 Å². The number of rotatable bonds is 8. The SMILES string of the molecule is COCCN(c1cc(OC)nc(N)n1)C(C)COC. The number of nitrogens with two attached hydrogens (primary N) is 1. The van der Waals surface area contributed by atoms with Gasteiger partial charge in [0.2, 0.25) is 11.8 Å². The van der Waals surface area contributed by atoms with Gasteiger partial charge in [0.25, 0.3) is 0 Å². The minimum atomic E-state index is 0.138. The molecule has 0 fully saturated rings. The lowest BCUT2D eigenvalue weighted by Gasteiger charge is -2.29. The summed E-state index contributed by atoms with van der Waals surface area (Å²) in [5, 5.41) is 0. The number of anilines is 2. The van der Waals surface area contributed by atoms with E-state index in [1.54, 1.807) is 27.4 Å². The van der Waals surface area contributed by atoms with Crippen molar-refractivity contribution >= 4 is 11.8 Å². The quantitative estimate of drug-likeness (QED) is 0.738. The van der Waals surface area contributed by atoms with Gasteiger partial charge >= 0.3 is 0 Å². The lowest BCUT2D eigenvalue weighted by atomic mass is 10.3. The predicted molar refractivity (Wildman–Crippen MR) is 73.6 cm³/mol. The van der Waals surface area contributed by atoms with Crippen molar-refractivity contribution in [3.8, 4) is 5.88 Å². The summed E-state index contributed by atoms with van der Waals surface area (Å²) in [4.78, 5) is 10.3. The second-order valence-corrected chi connectivity index (χ2v) is 4.12. The van der Waals surface area contributed by atoms with Crippen LogP contribution in [0.4, 0.5) is 11.8 Å². The van der Waals surface area contributed by atoms with Crippen molar-refractivity contribution in [1.82, 2.24) is 9.97 Å². The third kappa shape index (κ3) is 4.53. The predicted octanol–water partition coefficient (Wildman–Crippen LogP) is 0.555. The molecule has 0 amide bonds. The molecule has 1 rings (SSSR count). The zero-order valence-electron chi connectivity index (χ0n) is 11.9. The number of methoxy groups -OCH3 is 3. The van der Waals surface area contributed by atoms with Crippen molar-refractivity contribution in [1.29, 1.82) is 0 Å². The number of nitrogens with zero attached hydrogens (tertiary/aromatic N) is 3. The summed E-state index contributed by atoms with van der Waals surface area (Å²) in [5.74, 6) is 1.32. The summed E-state index contributed by atoms with van der Waals surface area (Å²) in [6, 6.07) is 1.89. The molecule has 1 aromatic heterocycles. The zero-order valence-corrected chi connectivity index (χ0v) is 11.9. The van der Waals surface area contributed by atoms with Gasteiger partial charge in [-0.05, 0) is 6.92 Å². The van der Waals surface area contributed by atoms with Crippen LogP contribution in [0.15, 0.2) is 6.07 Å². The lowest BCUT2D eigenvalue weighted by Crippen LogP contribution is -2.39. The van der Waals surface area contributed by atoms with Crippen molar-refractivity contribution in [3.05, 3.63) is 6.07 Å². The minimum Gasteiger partial charge on any atom is -0.481 e. The monoisotopic (exact) mass is 270 g/mol. The molecule has 0 radical (unpaired) electrons. The van der Waals surface area contributed by atoms with Crippen molar-refractivity contribution in [2.24, 2.45) is 0 Å². The van der Waals surface area contributed by atoms with E-state index in [0.717, 1.165) is 0 Å². The summed E-state index contributed by atoms with van der Waals surface area (Å²) in [7, 11) is 4.87. The van der Waals surface area contributed by atoms with Gasteiger partial charge in [0.1, 0.15) is 5.82 Å². The maximum atomic E-state index is 5.68. The number of ether oxygens (including phenoxy) is 3. The average Bonchev–Trinajstić information content (AvgIpc) is 2.39. The van der Waals surface area contributed by atoms with E-state index in [9.17, 15) is 0 Å². The molecule has 19 heavy (non-hydrogen) atoms. The highest BCUT2D eigenvalue weighted by Gasteiger charge is 2.17. The van der Waals surface area contributed by atoms with E-state index in [1.807, 2.05) is 11.8 Å². The van der Waals surface area contributed by atoms with Crippen molar-refractivity contribution < 1.29 is 14.2 Å². The smallest absolute Gasteiger partial charge is 0.225 e. The van der Waals surface area contributed by atoms with Crippen LogP contribution in [-0.2, 0) is 9.47 Å². The molecule has 0 aliphatic rings. The van der Waals surface area contributed by atoms with Crippen LogP contribution in [0.25, 0.3) is 0 Å². The Morgan fingerprint density at radius 1 is 1.26 bits per heavy atom. The lowest BCUT2D eigenvalue weighted by molar-refractivity contribution is 0.170. The van der Waals surface area contributed by atoms with E-state index in [0.29, 0.717) is 31.5 Å². The van der Waals surface area contributed by atoms with Crippen molar-refractivity contribution in [2.45, 2.75) is 13.0 Å². The molecule has 1 heterocycles. The molecule has 0 bridgehead atoms. The van der Waals surface area contributed by atoms with Crippen LogP contribution in [0.5, 0.6) is 5.88 Å². The average molecular weight is 270 g/mol. The first-order valence-electron chi connectivity index (χ1n) is 6.05. The second-order valence-electron chi connectivity index (χ2n) is 4.12. The third-order valence-electron chi connectivity index (χ3n) is 2.69. The fourth-order valence-corrected chi connectivity index (χ4v) is 1.76. The Bertz CT molecular complexity index is 389. The number of nitrogen functional groups attached to an aromatic ring is 1. The molecule has 108 valence electrons. The molecule has 0 aromatic carbocycles. The molecular formula is C12H22N4O3. The summed E-state index contributed by atoms with van der Waals surface area (Å²) >= 11 is 0. The van der Waals surface area contributed by atoms with Crippen LogP contribution in [0.3, 0.4) is 0 Å². The van der Waals surface area contributed by atoms with Crippen LogP contribution in [0.2, 0.25) is 0 Å². The fraction of sp³-hybridized carbons (Fsp3) is 0.667. The molecule has 0 aliphatic carbocycles.